The van der Waals surface area contributed by atoms with Gasteiger partial charge >= 0.3 is 0 Å². The number of aromatic nitrogens is 2. The Morgan fingerprint density at radius 3 is 3.00 bits per heavy atom. The number of morpholine rings is 1. The van der Waals surface area contributed by atoms with Crippen LogP contribution in [0.1, 0.15) is 44.1 Å². The minimum atomic E-state index is -0.291. The van der Waals surface area contributed by atoms with E-state index in [1.54, 1.807) is 7.11 Å². The lowest BCUT2D eigenvalue weighted by Crippen LogP contribution is -2.42. The summed E-state index contributed by atoms with van der Waals surface area (Å²) in [5.74, 6) is 1.03. The van der Waals surface area contributed by atoms with E-state index >= 15 is 0 Å². The fourth-order valence-corrected chi connectivity index (χ4v) is 2.19. The molecule has 0 saturated carbocycles. The number of hydrogen-bond acceptors (Lipinski definition) is 7. The predicted octanol–water partition coefficient (Wildman–Crippen LogP) is 0.888. The van der Waals surface area contributed by atoms with Crippen LogP contribution in [0.3, 0.4) is 0 Å². The highest BCUT2D eigenvalue weighted by atomic mass is 16.5. The van der Waals surface area contributed by atoms with Gasteiger partial charge < -0.3 is 19.7 Å². The van der Waals surface area contributed by atoms with E-state index in [1.165, 1.54) is 0 Å². The number of methoxy groups -OCH3 is 1. The minimum Gasteiger partial charge on any atom is -0.385 e. The van der Waals surface area contributed by atoms with Crippen molar-refractivity contribution in [2.75, 3.05) is 33.4 Å². The lowest BCUT2D eigenvalue weighted by Gasteiger charge is -2.34. The van der Waals surface area contributed by atoms with Crippen LogP contribution >= 0.6 is 0 Å². The second kappa shape index (κ2) is 7.12. The van der Waals surface area contributed by atoms with Gasteiger partial charge in [0.1, 0.15) is 6.10 Å². The zero-order valence-corrected chi connectivity index (χ0v) is 12.4. The quantitative estimate of drug-likeness (QED) is 0.830. The molecule has 0 bridgehead atoms. The molecular formula is C13H24N4O3. The van der Waals surface area contributed by atoms with E-state index in [9.17, 15) is 0 Å². The number of ether oxygens (including phenoxy) is 2. The number of rotatable bonds is 6. The molecule has 1 aromatic heterocycles. The van der Waals surface area contributed by atoms with E-state index in [2.05, 4.69) is 28.9 Å². The van der Waals surface area contributed by atoms with E-state index in [0.29, 0.717) is 37.4 Å². The second-order valence-electron chi connectivity index (χ2n) is 5.33. The van der Waals surface area contributed by atoms with E-state index in [1.807, 2.05) is 0 Å². The van der Waals surface area contributed by atoms with Crippen molar-refractivity contribution in [3.05, 3.63) is 11.7 Å². The maximum absolute atomic E-state index is 5.97. The molecule has 7 nitrogen and oxygen atoms in total. The van der Waals surface area contributed by atoms with Crippen LogP contribution in [0.5, 0.6) is 0 Å². The van der Waals surface area contributed by atoms with Crippen LogP contribution in [0.2, 0.25) is 0 Å². The maximum atomic E-state index is 5.97. The van der Waals surface area contributed by atoms with Crippen LogP contribution in [-0.2, 0) is 9.47 Å². The van der Waals surface area contributed by atoms with E-state index in [-0.39, 0.29) is 12.1 Å². The third-order valence-corrected chi connectivity index (χ3v) is 3.52. The molecule has 2 unspecified atom stereocenters. The fourth-order valence-electron chi connectivity index (χ4n) is 2.19. The van der Waals surface area contributed by atoms with Gasteiger partial charge in [0, 0.05) is 32.8 Å². The first-order valence-electron chi connectivity index (χ1n) is 7.05. The number of nitrogens with two attached hydrogens (primary N) is 1. The Bertz CT molecular complexity index is 410. The summed E-state index contributed by atoms with van der Waals surface area (Å²) in [6.07, 6.45) is 0.514. The average molecular weight is 284 g/mol. The van der Waals surface area contributed by atoms with E-state index in [4.69, 9.17) is 19.7 Å². The van der Waals surface area contributed by atoms with Gasteiger partial charge in [0.2, 0.25) is 11.7 Å². The van der Waals surface area contributed by atoms with Gasteiger partial charge in [0.15, 0.2) is 0 Å². The van der Waals surface area contributed by atoms with Gasteiger partial charge in [0.25, 0.3) is 0 Å². The van der Waals surface area contributed by atoms with Gasteiger partial charge in [-0.05, 0) is 20.3 Å². The first kappa shape index (κ1) is 15.4. The molecule has 1 aliphatic rings. The smallest absolute Gasteiger partial charge is 0.243 e. The zero-order chi connectivity index (χ0) is 14.5. The van der Waals surface area contributed by atoms with Crippen molar-refractivity contribution >= 4 is 0 Å². The van der Waals surface area contributed by atoms with Gasteiger partial charge in [-0.25, -0.2) is 0 Å². The highest BCUT2D eigenvalue weighted by Crippen LogP contribution is 2.22. The lowest BCUT2D eigenvalue weighted by molar-refractivity contribution is -0.0450. The summed E-state index contributed by atoms with van der Waals surface area (Å²) in [6.45, 7) is 7.31. The molecule has 0 amide bonds. The summed E-state index contributed by atoms with van der Waals surface area (Å²) >= 11 is 0. The Balaban J connectivity index is 1.97. The van der Waals surface area contributed by atoms with Crippen molar-refractivity contribution in [1.29, 1.82) is 0 Å². The van der Waals surface area contributed by atoms with Crippen molar-refractivity contribution in [3.8, 4) is 0 Å². The first-order chi connectivity index (χ1) is 9.61. The molecule has 7 heteroatoms. The Morgan fingerprint density at radius 2 is 2.30 bits per heavy atom. The number of nitrogens with zero attached hydrogens (tertiary/aromatic N) is 3. The molecule has 20 heavy (non-hydrogen) atoms. The van der Waals surface area contributed by atoms with Crippen LogP contribution < -0.4 is 5.73 Å². The van der Waals surface area contributed by atoms with E-state index < -0.39 is 0 Å². The molecule has 1 aromatic rings. The van der Waals surface area contributed by atoms with Crippen molar-refractivity contribution in [1.82, 2.24) is 15.0 Å². The molecule has 0 aromatic carbocycles. The number of hydrogen-bond donors (Lipinski definition) is 1. The van der Waals surface area contributed by atoms with Gasteiger partial charge in [-0.2, -0.15) is 4.98 Å². The molecule has 114 valence electrons. The Morgan fingerprint density at radius 1 is 1.50 bits per heavy atom. The molecule has 2 N–H and O–H groups in total. The minimum absolute atomic E-state index is 0.140. The van der Waals surface area contributed by atoms with Crippen molar-refractivity contribution in [3.63, 3.8) is 0 Å². The fraction of sp³-hybridized carbons (Fsp3) is 0.846. The van der Waals surface area contributed by atoms with Gasteiger partial charge in [-0.1, -0.05) is 5.16 Å². The molecule has 1 fully saturated rings. The zero-order valence-electron chi connectivity index (χ0n) is 12.4. The molecule has 2 atom stereocenters. The van der Waals surface area contributed by atoms with Crippen LogP contribution in [0.4, 0.5) is 0 Å². The molecule has 1 aliphatic heterocycles. The third-order valence-electron chi connectivity index (χ3n) is 3.52. The highest BCUT2D eigenvalue weighted by Gasteiger charge is 2.28. The molecule has 2 heterocycles. The second-order valence-corrected chi connectivity index (χ2v) is 5.33. The summed E-state index contributed by atoms with van der Waals surface area (Å²) < 4.78 is 16.0. The summed E-state index contributed by atoms with van der Waals surface area (Å²) in [4.78, 5) is 6.71. The Hall–Kier alpha value is -1.02. The largest absolute Gasteiger partial charge is 0.385 e. The first-order valence-corrected chi connectivity index (χ1v) is 7.05. The SMILES string of the molecule is COCCC(N)c1nc(C2CN(C(C)C)CCO2)no1. The van der Waals surface area contributed by atoms with Crippen LogP contribution in [-0.4, -0.2) is 54.5 Å². The molecule has 0 radical (unpaired) electrons. The van der Waals surface area contributed by atoms with Gasteiger partial charge in [0.05, 0.1) is 12.6 Å². The maximum Gasteiger partial charge on any atom is 0.243 e. The van der Waals surface area contributed by atoms with Crippen molar-refractivity contribution < 1.29 is 14.0 Å². The molecule has 1 saturated heterocycles. The summed E-state index contributed by atoms with van der Waals surface area (Å²) in [6, 6.07) is 0.192. The Labute approximate surface area is 119 Å². The molecule has 2 rings (SSSR count). The summed E-state index contributed by atoms with van der Waals surface area (Å²) in [5.41, 5.74) is 5.97. The van der Waals surface area contributed by atoms with Crippen molar-refractivity contribution in [2.45, 2.75) is 38.5 Å². The van der Waals surface area contributed by atoms with Crippen LogP contribution in [0, 0.1) is 0 Å². The summed E-state index contributed by atoms with van der Waals surface area (Å²) in [5, 5.41) is 4.00. The standard InChI is InChI=1S/C13H24N4O3/c1-9(2)17-5-7-19-11(8-17)12-15-13(20-16-12)10(14)4-6-18-3/h9-11H,4-8,14H2,1-3H3. The lowest BCUT2D eigenvalue weighted by atomic mass is 10.2. The normalized spacial score (nSPS) is 22.4. The monoisotopic (exact) mass is 284 g/mol. The van der Waals surface area contributed by atoms with Gasteiger partial charge in [-0.15, -0.1) is 0 Å². The molecular weight excluding hydrogens is 260 g/mol. The van der Waals surface area contributed by atoms with Crippen LogP contribution in [0.25, 0.3) is 0 Å². The third kappa shape index (κ3) is 3.76. The van der Waals surface area contributed by atoms with Gasteiger partial charge in [-0.3, -0.25) is 4.90 Å². The topological polar surface area (TPSA) is 86.6 Å². The van der Waals surface area contributed by atoms with Crippen LogP contribution in [0.15, 0.2) is 4.52 Å². The van der Waals surface area contributed by atoms with Crippen molar-refractivity contribution in [2.24, 2.45) is 5.73 Å². The van der Waals surface area contributed by atoms with E-state index in [0.717, 1.165) is 13.1 Å². The highest BCUT2D eigenvalue weighted by molar-refractivity contribution is 4.97. The summed E-state index contributed by atoms with van der Waals surface area (Å²) in [7, 11) is 1.64. The molecule has 0 aliphatic carbocycles. The molecule has 0 spiro atoms. The Kier molecular flexibility index (Phi) is 5.47. The predicted molar refractivity (Wildman–Crippen MR) is 73.1 cm³/mol. The average Bonchev–Trinajstić information content (AvgIpc) is 2.94.